The van der Waals surface area contributed by atoms with Crippen LogP contribution in [-0.2, 0) is 0 Å². The predicted octanol–water partition coefficient (Wildman–Crippen LogP) is 2.99. The summed E-state index contributed by atoms with van der Waals surface area (Å²) in [5.74, 6) is 0.0779. The topological polar surface area (TPSA) is 37.6 Å². The molecular formula is C11H12F3N3OS. The van der Waals surface area contributed by atoms with Crippen molar-refractivity contribution in [2.45, 2.75) is 26.1 Å². The second-order valence-corrected chi connectivity index (χ2v) is 5.20. The molecule has 0 amide bonds. The lowest BCUT2D eigenvalue weighted by Gasteiger charge is -2.28. The molecule has 0 aliphatic carbocycles. The molecule has 2 aromatic heterocycles. The molecule has 0 spiro atoms. The fraction of sp³-hybridized carbons (Fsp3) is 0.455. The molecule has 2 rings (SSSR count). The zero-order valence-electron chi connectivity index (χ0n) is 10.3. The number of halogens is 3. The molecule has 0 aromatic carbocycles. The summed E-state index contributed by atoms with van der Waals surface area (Å²) in [6.45, 7) is 2.14. The van der Waals surface area contributed by atoms with Crippen LogP contribution < -0.4 is 4.90 Å². The van der Waals surface area contributed by atoms with Gasteiger partial charge in [-0.15, -0.1) is 11.3 Å². The second kappa shape index (κ2) is 4.84. The van der Waals surface area contributed by atoms with E-state index in [1.54, 1.807) is 25.4 Å². The molecule has 0 saturated carbocycles. The number of carbonyl (C=O) groups excluding carboxylic acids is 1. The lowest BCUT2D eigenvalue weighted by molar-refractivity contribution is -0.120. The van der Waals surface area contributed by atoms with Crippen molar-refractivity contribution in [2.75, 3.05) is 11.4 Å². The number of anilines is 1. The Morgan fingerprint density at radius 1 is 1.53 bits per heavy atom. The maximum atomic E-state index is 12.6. The Hall–Kier alpha value is -1.57. The van der Waals surface area contributed by atoms with Crippen LogP contribution in [0.2, 0.25) is 0 Å². The molecule has 19 heavy (non-hydrogen) atoms. The van der Waals surface area contributed by atoms with E-state index in [9.17, 15) is 18.0 Å². The summed E-state index contributed by atoms with van der Waals surface area (Å²) < 4.78 is 39.3. The van der Waals surface area contributed by atoms with Crippen LogP contribution in [0, 0.1) is 0 Å². The molecular weight excluding hydrogens is 279 g/mol. The van der Waals surface area contributed by atoms with E-state index in [0.717, 1.165) is 4.90 Å². The summed E-state index contributed by atoms with van der Waals surface area (Å²) in [6, 6.07) is -0.412. The Morgan fingerprint density at radius 3 is 2.74 bits per heavy atom. The Kier molecular flexibility index (Phi) is 3.53. The van der Waals surface area contributed by atoms with Gasteiger partial charge in [0, 0.05) is 17.6 Å². The van der Waals surface area contributed by atoms with Crippen molar-refractivity contribution in [2.24, 2.45) is 0 Å². The average Bonchev–Trinajstić information content (AvgIpc) is 2.83. The van der Waals surface area contributed by atoms with Gasteiger partial charge in [-0.3, -0.25) is 9.20 Å². The highest BCUT2D eigenvalue weighted by Crippen LogP contribution is 2.28. The maximum Gasteiger partial charge on any atom is 0.405 e. The molecule has 0 unspecified atom stereocenters. The van der Waals surface area contributed by atoms with E-state index in [1.165, 1.54) is 15.7 Å². The number of nitrogens with zero attached hydrogens (tertiary/aromatic N) is 3. The smallest absolute Gasteiger partial charge is 0.343 e. The fourth-order valence-electron chi connectivity index (χ4n) is 1.81. The number of fused-ring (bicyclic) bond motifs is 1. The van der Waals surface area contributed by atoms with Crippen LogP contribution in [0.15, 0.2) is 11.6 Å². The zero-order chi connectivity index (χ0) is 14.2. The number of imidazole rings is 1. The minimum Gasteiger partial charge on any atom is -0.343 e. The minimum atomic E-state index is -4.35. The lowest BCUT2D eigenvalue weighted by Crippen LogP contribution is -2.40. The van der Waals surface area contributed by atoms with Gasteiger partial charge in [0.15, 0.2) is 17.1 Å². The largest absolute Gasteiger partial charge is 0.405 e. The van der Waals surface area contributed by atoms with Crippen molar-refractivity contribution < 1.29 is 18.0 Å². The highest BCUT2D eigenvalue weighted by Gasteiger charge is 2.34. The number of rotatable bonds is 4. The third kappa shape index (κ3) is 2.73. The number of aromatic nitrogens is 2. The Labute approximate surface area is 111 Å². The lowest BCUT2D eigenvalue weighted by atomic mass is 10.3. The van der Waals surface area contributed by atoms with Gasteiger partial charge in [0.2, 0.25) is 0 Å². The SMILES string of the molecule is CC(C)N(CC(F)(F)F)c1nc2sccn2c1C=O. The number of thiazole rings is 1. The minimum absolute atomic E-state index is 0.0779. The molecule has 0 atom stereocenters. The first-order valence-electron chi connectivity index (χ1n) is 5.57. The van der Waals surface area contributed by atoms with Crippen LogP contribution in [0.1, 0.15) is 24.3 Å². The van der Waals surface area contributed by atoms with E-state index < -0.39 is 18.8 Å². The molecule has 2 aromatic rings. The highest BCUT2D eigenvalue weighted by molar-refractivity contribution is 7.15. The van der Waals surface area contributed by atoms with Gasteiger partial charge in [0.05, 0.1) is 0 Å². The summed E-state index contributed by atoms with van der Waals surface area (Å²) >= 11 is 1.27. The zero-order valence-corrected chi connectivity index (χ0v) is 11.1. The number of aldehydes is 1. The monoisotopic (exact) mass is 291 g/mol. The van der Waals surface area contributed by atoms with Crippen LogP contribution >= 0.6 is 11.3 Å². The van der Waals surface area contributed by atoms with E-state index in [0.29, 0.717) is 11.2 Å². The normalized spacial score (nSPS) is 12.3. The van der Waals surface area contributed by atoms with Gasteiger partial charge >= 0.3 is 6.18 Å². The summed E-state index contributed by atoms with van der Waals surface area (Å²) in [7, 11) is 0. The Balaban J connectivity index is 2.49. The van der Waals surface area contributed by atoms with Gasteiger partial charge in [-0.1, -0.05) is 0 Å². The molecule has 4 nitrogen and oxygen atoms in total. The highest BCUT2D eigenvalue weighted by atomic mass is 32.1. The molecule has 0 bridgehead atoms. The van der Waals surface area contributed by atoms with Gasteiger partial charge in [-0.2, -0.15) is 13.2 Å². The van der Waals surface area contributed by atoms with Crippen molar-refractivity contribution in [3.8, 4) is 0 Å². The molecule has 104 valence electrons. The summed E-state index contributed by atoms with van der Waals surface area (Å²) in [5.41, 5.74) is 0.147. The molecule has 0 fully saturated rings. The number of carbonyl (C=O) groups is 1. The fourth-order valence-corrected chi connectivity index (χ4v) is 2.52. The summed E-state index contributed by atoms with van der Waals surface area (Å²) in [4.78, 5) is 16.8. The van der Waals surface area contributed by atoms with Crippen molar-refractivity contribution in [3.05, 3.63) is 17.3 Å². The average molecular weight is 291 g/mol. The van der Waals surface area contributed by atoms with Gasteiger partial charge in [-0.25, -0.2) is 4.98 Å². The van der Waals surface area contributed by atoms with E-state index >= 15 is 0 Å². The van der Waals surface area contributed by atoms with Gasteiger partial charge in [-0.05, 0) is 13.8 Å². The maximum absolute atomic E-state index is 12.6. The number of hydrogen-bond acceptors (Lipinski definition) is 4. The first-order valence-corrected chi connectivity index (χ1v) is 6.45. The first kappa shape index (κ1) is 13.9. The molecule has 2 heterocycles. The second-order valence-electron chi connectivity index (χ2n) is 4.33. The van der Waals surface area contributed by atoms with Crippen molar-refractivity contribution in [3.63, 3.8) is 0 Å². The Bertz CT molecular complexity index is 588. The predicted molar refractivity (Wildman–Crippen MR) is 67.0 cm³/mol. The van der Waals surface area contributed by atoms with Crippen LogP contribution in [0.25, 0.3) is 4.96 Å². The summed E-state index contributed by atoms with van der Waals surface area (Å²) in [6.07, 6.45) is -2.19. The number of alkyl halides is 3. The third-order valence-electron chi connectivity index (χ3n) is 2.64. The van der Waals surface area contributed by atoms with E-state index in [2.05, 4.69) is 4.98 Å². The van der Waals surface area contributed by atoms with E-state index in [4.69, 9.17) is 0 Å². The van der Waals surface area contributed by atoms with Crippen LogP contribution in [0.4, 0.5) is 19.0 Å². The van der Waals surface area contributed by atoms with Crippen molar-refractivity contribution >= 4 is 28.4 Å². The third-order valence-corrected chi connectivity index (χ3v) is 3.39. The van der Waals surface area contributed by atoms with Crippen LogP contribution in [-0.4, -0.2) is 34.4 Å². The standard InChI is InChI=1S/C11H12F3N3OS/c1-7(2)17(6-11(12,13)14)9-8(5-18)16-3-4-19-10(16)15-9/h3-5,7H,6H2,1-2H3. The Morgan fingerprint density at radius 2 is 2.21 bits per heavy atom. The van der Waals surface area contributed by atoms with Gasteiger partial charge in [0.1, 0.15) is 12.2 Å². The molecule has 0 radical (unpaired) electrons. The number of hydrogen-bond donors (Lipinski definition) is 0. The van der Waals surface area contributed by atoms with Crippen molar-refractivity contribution in [1.82, 2.24) is 9.38 Å². The van der Waals surface area contributed by atoms with Gasteiger partial charge < -0.3 is 4.90 Å². The van der Waals surface area contributed by atoms with E-state index in [1.807, 2.05) is 0 Å². The molecule has 0 aliphatic rings. The van der Waals surface area contributed by atoms with Crippen molar-refractivity contribution in [1.29, 1.82) is 0 Å². The summed E-state index contributed by atoms with van der Waals surface area (Å²) in [5, 5.41) is 1.72. The van der Waals surface area contributed by atoms with Gasteiger partial charge in [0.25, 0.3) is 0 Å². The quantitative estimate of drug-likeness (QED) is 0.813. The molecule has 0 N–H and O–H groups in total. The molecule has 0 aliphatic heterocycles. The molecule has 8 heteroatoms. The first-order chi connectivity index (χ1) is 8.83. The molecule has 0 saturated heterocycles. The van der Waals surface area contributed by atoms with Crippen LogP contribution in [0.3, 0.4) is 0 Å². The van der Waals surface area contributed by atoms with Crippen LogP contribution in [0.5, 0.6) is 0 Å². The van der Waals surface area contributed by atoms with E-state index in [-0.39, 0.29) is 11.5 Å².